The molecule has 1 N–H and O–H groups in total. The van der Waals surface area contributed by atoms with Crippen molar-refractivity contribution in [2.75, 3.05) is 11.1 Å². The molecule has 0 aliphatic heterocycles. The topological polar surface area (TPSA) is 137 Å². The fraction of sp³-hybridized carbons (Fsp3) is 0.0938. The third-order valence-corrected chi connectivity index (χ3v) is 10.1. The number of rotatable bonds is 10. The number of anilines is 1. The van der Waals surface area contributed by atoms with Gasteiger partial charge in [-0.25, -0.2) is 14.6 Å². The number of thiazole rings is 1. The number of nitro groups is 1. The lowest BCUT2D eigenvalue weighted by atomic mass is 10.2. The van der Waals surface area contributed by atoms with Crippen molar-refractivity contribution in [1.82, 2.24) is 19.3 Å². The number of para-hydroxylation sites is 1. The first-order valence-electron chi connectivity index (χ1n) is 13.9. The summed E-state index contributed by atoms with van der Waals surface area (Å²) < 4.78 is 4.82. The molecule has 3 aromatic carbocycles. The fourth-order valence-corrected chi connectivity index (χ4v) is 7.32. The second kappa shape index (κ2) is 13.5. The molecule has 0 fully saturated rings. The van der Waals surface area contributed by atoms with Gasteiger partial charge >= 0.3 is 0 Å². The first-order valence-corrected chi connectivity index (χ1v) is 16.5. The van der Waals surface area contributed by atoms with Gasteiger partial charge in [0.2, 0.25) is 5.91 Å². The van der Waals surface area contributed by atoms with Crippen LogP contribution in [0.3, 0.4) is 0 Å². The number of carbonyl (C=O) groups is 1. The second-order valence-corrected chi connectivity index (χ2v) is 13.2. The van der Waals surface area contributed by atoms with Crippen molar-refractivity contribution < 1.29 is 9.72 Å². The second-order valence-electron chi connectivity index (χ2n) is 9.92. The van der Waals surface area contributed by atoms with Crippen LogP contribution >= 0.6 is 34.9 Å². The molecule has 46 heavy (non-hydrogen) atoms. The number of nitrogens with zero attached hydrogens (tertiary/aromatic N) is 6. The minimum absolute atomic E-state index is 0.0208. The number of amides is 1. The van der Waals surface area contributed by atoms with E-state index in [-0.39, 0.29) is 28.6 Å². The van der Waals surface area contributed by atoms with Crippen molar-refractivity contribution in [1.29, 1.82) is 0 Å². The van der Waals surface area contributed by atoms with Gasteiger partial charge in [0.15, 0.2) is 4.34 Å². The number of hydrogen-bond acceptors (Lipinski definition) is 10. The van der Waals surface area contributed by atoms with Crippen LogP contribution in [0, 0.1) is 17.0 Å². The van der Waals surface area contributed by atoms with Gasteiger partial charge in [-0.15, -0.1) is 11.3 Å². The molecule has 11 nitrogen and oxygen atoms in total. The predicted octanol–water partition coefficient (Wildman–Crippen LogP) is 7.03. The maximum atomic E-state index is 13.1. The average molecular weight is 668 g/mol. The Morgan fingerprint density at radius 2 is 1.89 bits per heavy atom. The van der Waals surface area contributed by atoms with Crippen LogP contribution in [0.5, 0.6) is 0 Å². The van der Waals surface area contributed by atoms with E-state index in [2.05, 4.69) is 20.3 Å². The third kappa shape index (κ3) is 6.78. The van der Waals surface area contributed by atoms with Gasteiger partial charge in [0.1, 0.15) is 10.7 Å². The summed E-state index contributed by atoms with van der Waals surface area (Å²) in [4.78, 5) is 51.2. The summed E-state index contributed by atoms with van der Waals surface area (Å²) in [5, 5.41) is 15.2. The Balaban J connectivity index is 1.12. The van der Waals surface area contributed by atoms with Gasteiger partial charge in [0, 0.05) is 25.5 Å². The lowest BCUT2D eigenvalue weighted by Crippen LogP contribution is -2.23. The van der Waals surface area contributed by atoms with Crippen molar-refractivity contribution in [3.63, 3.8) is 0 Å². The van der Waals surface area contributed by atoms with Crippen LogP contribution in [-0.4, -0.2) is 42.1 Å². The van der Waals surface area contributed by atoms with Gasteiger partial charge in [-0.1, -0.05) is 53.9 Å². The zero-order chi connectivity index (χ0) is 32.2. The standard InChI is InChI=1S/C32H25N7O4S3/c1-20-30(31(41)38(37(20)2)23-8-4-3-5-9-23)36-28(40)19-44-32-35-24-13-12-22(17-27(24)46-32)34-18-21-11-14-26(25(16-21)39(42)43)45-29-10-6-7-15-33-29/h3-18H,19H2,1-2H3,(H,36,40). The lowest BCUT2D eigenvalue weighted by molar-refractivity contribution is -0.387. The molecule has 0 radical (unpaired) electrons. The van der Waals surface area contributed by atoms with E-state index in [1.807, 2.05) is 54.6 Å². The highest BCUT2D eigenvalue weighted by molar-refractivity contribution is 8.01. The molecule has 230 valence electrons. The van der Waals surface area contributed by atoms with Crippen molar-refractivity contribution in [2.24, 2.45) is 12.0 Å². The minimum atomic E-state index is -0.410. The van der Waals surface area contributed by atoms with E-state index in [9.17, 15) is 19.7 Å². The summed E-state index contributed by atoms with van der Waals surface area (Å²) >= 11 is 3.95. The quantitative estimate of drug-likeness (QED) is 0.0712. The minimum Gasteiger partial charge on any atom is -0.319 e. The van der Waals surface area contributed by atoms with E-state index >= 15 is 0 Å². The molecular formula is C32H25N7O4S3. The normalized spacial score (nSPS) is 11.3. The molecule has 0 spiro atoms. The van der Waals surface area contributed by atoms with Gasteiger partial charge in [-0.05, 0) is 61.0 Å². The van der Waals surface area contributed by atoms with Crippen LogP contribution in [0.15, 0.2) is 115 Å². The molecule has 1 amide bonds. The predicted molar refractivity (Wildman–Crippen MR) is 183 cm³/mol. The molecule has 0 aliphatic carbocycles. The molecule has 0 unspecified atom stereocenters. The van der Waals surface area contributed by atoms with Gasteiger partial charge < -0.3 is 5.32 Å². The monoisotopic (exact) mass is 667 g/mol. The van der Waals surface area contributed by atoms with E-state index in [1.165, 1.54) is 45.6 Å². The average Bonchev–Trinajstić information content (AvgIpc) is 3.57. The number of nitrogens with one attached hydrogen (secondary N) is 1. The Morgan fingerprint density at radius 3 is 2.65 bits per heavy atom. The van der Waals surface area contributed by atoms with Crippen molar-refractivity contribution >= 4 is 74.3 Å². The fourth-order valence-electron chi connectivity index (χ4n) is 4.56. The number of benzene rings is 3. The molecular weight excluding hydrogens is 643 g/mol. The van der Waals surface area contributed by atoms with Crippen molar-refractivity contribution in [3.8, 4) is 5.69 Å². The number of thioether (sulfide) groups is 1. The maximum absolute atomic E-state index is 13.1. The number of fused-ring (bicyclic) bond motifs is 1. The third-order valence-electron chi connectivity index (χ3n) is 6.89. The molecule has 14 heteroatoms. The van der Waals surface area contributed by atoms with Crippen LogP contribution in [0.25, 0.3) is 15.9 Å². The Morgan fingerprint density at radius 1 is 1.09 bits per heavy atom. The summed E-state index contributed by atoms with van der Waals surface area (Å²) in [7, 11) is 1.78. The number of carbonyl (C=O) groups excluding carboxylic acids is 1. The highest BCUT2D eigenvalue weighted by Crippen LogP contribution is 2.35. The number of pyridine rings is 1. The molecule has 3 heterocycles. The zero-order valence-electron chi connectivity index (χ0n) is 24.5. The van der Waals surface area contributed by atoms with E-state index in [1.54, 1.807) is 55.3 Å². The summed E-state index contributed by atoms with van der Waals surface area (Å²) in [6.45, 7) is 1.79. The Kier molecular flexibility index (Phi) is 9.10. The first-order chi connectivity index (χ1) is 22.3. The molecule has 6 aromatic rings. The van der Waals surface area contributed by atoms with E-state index < -0.39 is 4.92 Å². The summed E-state index contributed by atoms with van der Waals surface area (Å²) in [5.74, 6) is -0.226. The molecule has 0 atom stereocenters. The number of aliphatic imine (C=N–C) groups is 1. The summed E-state index contributed by atoms with van der Waals surface area (Å²) in [6, 6.07) is 25.2. The number of nitro benzene ring substituents is 1. The van der Waals surface area contributed by atoms with Crippen LogP contribution in [0.1, 0.15) is 11.3 Å². The van der Waals surface area contributed by atoms with Crippen molar-refractivity contribution in [3.05, 3.63) is 123 Å². The Bertz CT molecular complexity index is 2160. The molecule has 6 rings (SSSR count). The van der Waals surface area contributed by atoms with Crippen LogP contribution < -0.4 is 10.9 Å². The molecule has 3 aromatic heterocycles. The summed E-state index contributed by atoms with van der Waals surface area (Å²) in [5.41, 5.74) is 3.30. The number of hydrogen-bond donors (Lipinski definition) is 1. The molecule has 0 saturated heterocycles. The zero-order valence-corrected chi connectivity index (χ0v) is 26.9. The highest BCUT2D eigenvalue weighted by Gasteiger charge is 2.19. The van der Waals surface area contributed by atoms with Crippen molar-refractivity contribution in [2.45, 2.75) is 21.2 Å². The van der Waals surface area contributed by atoms with Gasteiger partial charge in [-0.3, -0.25) is 29.4 Å². The largest absolute Gasteiger partial charge is 0.319 e. The van der Waals surface area contributed by atoms with Gasteiger partial charge in [0.25, 0.3) is 11.2 Å². The van der Waals surface area contributed by atoms with Crippen LogP contribution in [0.2, 0.25) is 0 Å². The van der Waals surface area contributed by atoms with Gasteiger partial charge in [0.05, 0.1) is 42.9 Å². The van der Waals surface area contributed by atoms with E-state index in [0.717, 1.165) is 10.2 Å². The molecule has 0 bridgehead atoms. The SMILES string of the molecule is Cc1c(NC(=O)CSc2nc3ccc(N=Cc4ccc(Sc5ccccn5)c([N+](=O)[O-])c4)cc3s2)c(=O)n(-c2ccccc2)n1C. The Hall–Kier alpha value is -5.05. The lowest BCUT2D eigenvalue weighted by Gasteiger charge is -2.07. The smallest absolute Gasteiger partial charge is 0.295 e. The molecule has 0 aliphatic rings. The van der Waals surface area contributed by atoms with Gasteiger partial charge in [-0.2, -0.15) is 0 Å². The first kappa shape index (κ1) is 31.0. The highest BCUT2D eigenvalue weighted by atomic mass is 32.2. The van der Waals surface area contributed by atoms with E-state index in [4.69, 9.17) is 0 Å². The number of aromatic nitrogens is 4. The van der Waals surface area contributed by atoms with Crippen LogP contribution in [0.4, 0.5) is 17.1 Å². The Labute approximate surface area is 275 Å². The van der Waals surface area contributed by atoms with E-state index in [0.29, 0.717) is 36.9 Å². The summed E-state index contributed by atoms with van der Waals surface area (Å²) in [6.07, 6.45) is 3.23. The van der Waals surface area contributed by atoms with Crippen LogP contribution in [-0.2, 0) is 11.8 Å². The molecule has 0 saturated carbocycles. The maximum Gasteiger partial charge on any atom is 0.295 e.